The first-order valence-electron chi connectivity index (χ1n) is 6.49. The van der Waals surface area contributed by atoms with Gasteiger partial charge in [0.25, 0.3) is 5.91 Å². The number of hydrogen-bond donors (Lipinski definition) is 0. The highest BCUT2D eigenvalue weighted by Crippen LogP contribution is 2.23. The van der Waals surface area contributed by atoms with Crippen LogP contribution in [0.15, 0.2) is 11.6 Å². The molecule has 3 heterocycles. The van der Waals surface area contributed by atoms with E-state index in [0.717, 1.165) is 10.7 Å². The van der Waals surface area contributed by atoms with E-state index in [-0.39, 0.29) is 18.4 Å². The van der Waals surface area contributed by atoms with Crippen LogP contribution in [0.2, 0.25) is 0 Å². The smallest absolute Gasteiger partial charge is 0.266 e. The summed E-state index contributed by atoms with van der Waals surface area (Å²) in [6.45, 7) is 4.79. The lowest BCUT2D eigenvalue weighted by Gasteiger charge is -2.32. The quantitative estimate of drug-likeness (QED) is 0.844. The molecular weight excluding hydrogens is 308 g/mol. The van der Waals surface area contributed by atoms with Gasteiger partial charge in [0.15, 0.2) is 5.13 Å². The molecule has 2 aromatic heterocycles. The van der Waals surface area contributed by atoms with Crippen LogP contribution < -0.4 is 4.90 Å². The van der Waals surface area contributed by atoms with Crippen molar-refractivity contribution in [3.63, 3.8) is 0 Å². The van der Waals surface area contributed by atoms with Crippen molar-refractivity contribution >= 4 is 39.6 Å². The van der Waals surface area contributed by atoms with Gasteiger partial charge in [0.2, 0.25) is 5.91 Å². The molecule has 21 heavy (non-hydrogen) atoms. The van der Waals surface area contributed by atoms with Gasteiger partial charge in [-0.1, -0.05) is 0 Å². The second-order valence-electron chi connectivity index (χ2n) is 4.73. The molecule has 0 saturated carbocycles. The number of amides is 2. The zero-order valence-corrected chi connectivity index (χ0v) is 13.3. The van der Waals surface area contributed by atoms with E-state index in [1.165, 1.54) is 22.7 Å². The molecule has 0 radical (unpaired) electrons. The van der Waals surface area contributed by atoms with Crippen molar-refractivity contribution in [3.05, 3.63) is 27.2 Å². The van der Waals surface area contributed by atoms with Crippen molar-refractivity contribution < 1.29 is 9.59 Å². The van der Waals surface area contributed by atoms with Crippen molar-refractivity contribution in [2.24, 2.45) is 0 Å². The number of rotatable bonds is 2. The van der Waals surface area contributed by atoms with Gasteiger partial charge in [-0.2, -0.15) is 0 Å². The van der Waals surface area contributed by atoms with Crippen LogP contribution in [-0.2, 0) is 4.79 Å². The third kappa shape index (κ3) is 2.68. The summed E-state index contributed by atoms with van der Waals surface area (Å²) in [5.74, 6) is -0.200. The summed E-state index contributed by atoms with van der Waals surface area (Å²) in [5.41, 5.74) is 0.734. The predicted octanol–water partition coefficient (Wildman–Crippen LogP) is 1.71. The molecule has 2 amide bonds. The molecule has 3 rings (SSSR count). The third-order valence-corrected chi connectivity index (χ3v) is 5.11. The van der Waals surface area contributed by atoms with E-state index in [4.69, 9.17) is 0 Å². The molecule has 0 atom stereocenters. The average Bonchev–Trinajstić information content (AvgIpc) is 3.07. The zero-order valence-electron chi connectivity index (χ0n) is 11.7. The maximum absolute atomic E-state index is 12.5. The predicted molar refractivity (Wildman–Crippen MR) is 82.0 cm³/mol. The van der Waals surface area contributed by atoms with Gasteiger partial charge in [-0.05, 0) is 13.8 Å². The highest BCUT2D eigenvalue weighted by atomic mass is 32.1. The minimum absolute atomic E-state index is 0.0921. The Labute approximate surface area is 130 Å². The molecule has 6 nitrogen and oxygen atoms in total. The number of aromatic nitrogens is 2. The Morgan fingerprint density at radius 3 is 2.71 bits per heavy atom. The highest BCUT2D eigenvalue weighted by molar-refractivity contribution is 7.14. The molecule has 0 unspecified atom stereocenters. The van der Waals surface area contributed by atoms with Crippen LogP contribution in [0.3, 0.4) is 0 Å². The topological polar surface area (TPSA) is 66.4 Å². The Morgan fingerprint density at radius 1 is 1.33 bits per heavy atom. The minimum Gasteiger partial charge on any atom is -0.327 e. The van der Waals surface area contributed by atoms with Crippen LogP contribution in [0.1, 0.15) is 20.4 Å². The summed E-state index contributed by atoms with van der Waals surface area (Å²) < 4.78 is 0. The Balaban J connectivity index is 1.74. The van der Waals surface area contributed by atoms with Gasteiger partial charge in [-0.3, -0.25) is 14.5 Å². The van der Waals surface area contributed by atoms with Gasteiger partial charge >= 0.3 is 0 Å². The number of carbonyl (C=O) groups is 2. The van der Waals surface area contributed by atoms with Gasteiger partial charge in [0, 0.05) is 24.7 Å². The summed E-state index contributed by atoms with van der Waals surface area (Å²) >= 11 is 2.81. The minimum atomic E-state index is -0.106. The lowest BCUT2D eigenvalue weighted by atomic mass is 10.2. The SMILES string of the molecule is Cc1nc(C)c(C(=O)N2CCN(c3nccs3)C(=O)C2)s1. The zero-order chi connectivity index (χ0) is 15.0. The summed E-state index contributed by atoms with van der Waals surface area (Å²) in [6, 6.07) is 0. The molecule has 0 bridgehead atoms. The number of anilines is 1. The highest BCUT2D eigenvalue weighted by Gasteiger charge is 2.31. The van der Waals surface area contributed by atoms with Crippen LogP contribution in [0.5, 0.6) is 0 Å². The molecular formula is C13H14N4O2S2. The van der Waals surface area contributed by atoms with Gasteiger partial charge in [-0.25, -0.2) is 9.97 Å². The van der Waals surface area contributed by atoms with Crippen LogP contribution in [0.25, 0.3) is 0 Å². The molecule has 0 aliphatic carbocycles. The van der Waals surface area contributed by atoms with Crippen molar-refractivity contribution in [1.29, 1.82) is 0 Å². The fourth-order valence-electron chi connectivity index (χ4n) is 2.27. The second-order valence-corrected chi connectivity index (χ2v) is 6.81. The van der Waals surface area contributed by atoms with Gasteiger partial charge in [0.05, 0.1) is 10.7 Å². The monoisotopic (exact) mass is 322 g/mol. The number of thiazole rings is 2. The molecule has 110 valence electrons. The fourth-order valence-corrected chi connectivity index (χ4v) is 3.84. The fraction of sp³-hybridized carbons (Fsp3) is 0.385. The maximum Gasteiger partial charge on any atom is 0.266 e. The Hall–Kier alpha value is -1.80. The third-order valence-electron chi connectivity index (χ3n) is 3.26. The first-order valence-corrected chi connectivity index (χ1v) is 8.19. The van der Waals surface area contributed by atoms with Crippen molar-refractivity contribution in [2.75, 3.05) is 24.5 Å². The van der Waals surface area contributed by atoms with Crippen molar-refractivity contribution in [1.82, 2.24) is 14.9 Å². The van der Waals surface area contributed by atoms with Crippen LogP contribution in [0.4, 0.5) is 5.13 Å². The number of piperazine rings is 1. The largest absolute Gasteiger partial charge is 0.327 e. The summed E-state index contributed by atoms with van der Waals surface area (Å²) in [5, 5.41) is 3.39. The van der Waals surface area contributed by atoms with E-state index in [0.29, 0.717) is 23.1 Å². The van der Waals surface area contributed by atoms with E-state index in [1.54, 1.807) is 16.0 Å². The summed E-state index contributed by atoms with van der Waals surface area (Å²) in [6.07, 6.45) is 1.67. The Bertz CT molecular complexity index is 680. The molecule has 8 heteroatoms. The molecule has 1 aliphatic rings. The molecule has 0 aromatic carbocycles. The van der Waals surface area contributed by atoms with Gasteiger partial charge < -0.3 is 4.90 Å². The lowest BCUT2D eigenvalue weighted by molar-refractivity contribution is -0.120. The number of nitrogens with zero attached hydrogens (tertiary/aromatic N) is 4. The second kappa shape index (κ2) is 5.53. The molecule has 0 N–H and O–H groups in total. The molecule has 1 fully saturated rings. The Morgan fingerprint density at radius 2 is 2.14 bits per heavy atom. The number of aryl methyl sites for hydroxylation is 2. The normalized spacial score (nSPS) is 15.6. The van der Waals surface area contributed by atoms with E-state index in [9.17, 15) is 9.59 Å². The number of hydrogen-bond acceptors (Lipinski definition) is 6. The Kier molecular flexibility index (Phi) is 3.73. The van der Waals surface area contributed by atoms with Crippen molar-refractivity contribution in [3.8, 4) is 0 Å². The molecule has 2 aromatic rings. The van der Waals surface area contributed by atoms with E-state index in [2.05, 4.69) is 9.97 Å². The van der Waals surface area contributed by atoms with E-state index >= 15 is 0 Å². The molecule has 0 spiro atoms. The van der Waals surface area contributed by atoms with Crippen LogP contribution in [-0.4, -0.2) is 46.3 Å². The van der Waals surface area contributed by atoms with Gasteiger partial charge in [-0.15, -0.1) is 22.7 Å². The van der Waals surface area contributed by atoms with Crippen LogP contribution in [0, 0.1) is 13.8 Å². The summed E-state index contributed by atoms with van der Waals surface area (Å²) in [4.78, 5) is 37.0. The van der Waals surface area contributed by atoms with Crippen molar-refractivity contribution in [2.45, 2.75) is 13.8 Å². The standard InChI is InChI=1S/C13H14N4O2S2/c1-8-11(21-9(2)15-8)12(19)16-4-5-17(10(18)7-16)13-14-3-6-20-13/h3,6H,4-5,7H2,1-2H3. The molecule has 1 aliphatic heterocycles. The average molecular weight is 322 g/mol. The maximum atomic E-state index is 12.5. The van der Waals surface area contributed by atoms with E-state index in [1.807, 2.05) is 19.2 Å². The lowest BCUT2D eigenvalue weighted by Crippen LogP contribution is -2.52. The van der Waals surface area contributed by atoms with Crippen LogP contribution >= 0.6 is 22.7 Å². The van der Waals surface area contributed by atoms with Gasteiger partial charge in [0.1, 0.15) is 11.4 Å². The first kappa shape index (κ1) is 14.2. The van der Waals surface area contributed by atoms with E-state index < -0.39 is 0 Å². The number of carbonyl (C=O) groups excluding carboxylic acids is 2. The first-order chi connectivity index (χ1) is 10.1. The summed E-state index contributed by atoms with van der Waals surface area (Å²) in [7, 11) is 0. The molecule has 1 saturated heterocycles.